The molecule has 0 aliphatic rings. The minimum atomic E-state index is 0.0850. The van der Waals surface area contributed by atoms with Crippen LogP contribution in [0.3, 0.4) is 0 Å². The first-order valence-electron chi connectivity index (χ1n) is 6.17. The van der Waals surface area contributed by atoms with Crippen molar-refractivity contribution in [2.45, 2.75) is 26.8 Å². The largest absolute Gasteiger partial charge is 0.453 e. The monoisotopic (exact) mass is 263 g/mol. The van der Waals surface area contributed by atoms with Crippen molar-refractivity contribution in [2.24, 2.45) is 0 Å². The van der Waals surface area contributed by atoms with Gasteiger partial charge in [0.25, 0.3) is 0 Å². The van der Waals surface area contributed by atoms with Crippen LogP contribution >= 0.6 is 11.6 Å². The Morgan fingerprint density at radius 3 is 2.56 bits per heavy atom. The van der Waals surface area contributed by atoms with Crippen LogP contribution in [0.25, 0.3) is 0 Å². The molecule has 1 aromatic carbocycles. The quantitative estimate of drug-likeness (QED) is 0.892. The molecule has 96 valence electrons. The van der Waals surface area contributed by atoms with Crippen LogP contribution in [-0.4, -0.2) is 6.54 Å². The van der Waals surface area contributed by atoms with Gasteiger partial charge < -0.3 is 9.73 Å². The van der Waals surface area contributed by atoms with Crippen LogP contribution < -0.4 is 5.32 Å². The Labute approximate surface area is 113 Å². The summed E-state index contributed by atoms with van der Waals surface area (Å²) in [7, 11) is 0. The van der Waals surface area contributed by atoms with Crippen molar-refractivity contribution in [3.8, 4) is 0 Å². The van der Waals surface area contributed by atoms with Gasteiger partial charge in [-0.15, -0.1) is 0 Å². The van der Waals surface area contributed by atoms with E-state index in [0.29, 0.717) is 5.22 Å². The minimum absolute atomic E-state index is 0.0850. The van der Waals surface area contributed by atoms with Gasteiger partial charge in [0, 0.05) is 5.56 Å². The SMILES string of the molecule is CCNC(c1ccc(C)cc1C)c1ccoc1Cl. The molecule has 2 nitrogen and oxygen atoms in total. The number of rotatable bonds is 4. The van der Waals surface area contributed by atoms with E-state index in [0.717, 1.165) is 12.1 Å². The second kappa shape index (κ2) is 5.59. The van der Waals surface area contributed by atoms with Gasteiger partial charge in [-0.3, -0.25) is 0 Å². The molecule has 1 atom stereocenters. The topological polar surface area (TPSA) is 25.2 Å². The Morgan fingerprint density at radius 2 is 2.00 bits per heavy atom. The lowest BCUT2D eigenvalue weighted by molar-refractivity contribution is 0.554. The maximum atomic E-state index is 6.10. The summed E-state index contributed by atoms with van der Waals surface area (Å²) >= 11 is 6.10. The zero-order chi connectivity index (χ0) is 13.1. The van der Waals surface area contributed by atoms with Crippen LogP contribution in [0.1, 0.15) is 35.2 Å². The van der Waals surface area contributed by atoms with Gasteiger partial charge >= 0.3 is 0 Å². The number of nitrogens with one attached hydrogen (secondary N) is 1. The van der Waals surface area contributed by atoms with Gasteiger partial charge in [-0.1, -0.05) is 30.7 Å². The van der Waals surface area contributed by atoms with Crippen molar-refractivity contribution >= 4 is 11.6 Å². The smallest absolute Gasteiger partial charge is 0.198 e. The summed E-state index contributed by atoms with van der Waals surface area (Å²) < 4.78 is 5.20. The molecular formula is C15H18ClNO. The lowest BCUT2D eigenvalue weighted by Gasteiger charge is -2.20. The molecule has 0 fully saturated rings. The number of halogens is 1. The van der Waals surface area contributed by atoms with Crippen LogP contribution in [0.2, 0.25) is 5.22 Å². The predicted molar refractivity (Wildman–Crippen MR) is 75.2 cm³/mol. The fraction of sp³-hybridized carbons (Fsp3) is 0.333. The third kappa shape index (κ3) is 2.60. The van der Waals surface area contributed by atoms with E-state index in [1.807, 2.05) is 6.07 Å². The number of hydrogen-bond donors (Lipinski definition) is 1. The van der Waals surface area contributed by atoms with E-state index in [1.54, 1.807) is 6.26 Å². The first-order chi connectivity index (χ1) is 8.63. The summed E-state index contributed by atoms with van der Waals surface area (Å²) in [5, 5.41) is 3.92. The Morgan fingerprint density at radius 1 is 1.22 bits per heavy atom. The Kier molecular flexibility index (Phi) is 4.10. The molecule has 0 saturated heterocycles. The number of hydrogen-bond acceptors (Lipinski definition) is 2. The highest BCUT2D eigenvalue weighted by Gasteiger charge is 2.19. The van der Waals surface area contributed by atoms with Crippen molar-refractivity contribution in [1.82, 2.24) is 5.32 Å². The van der Waals surface area contributed by atoms with Crippen LogP contribution in [-0.2, 0) is 0 Å². The number of benzene rings is 1. The average Bonchev–Trinajstić information content (AvgIpc) is 2.73. The molecule has 0 aliphatic heterocycles. The van der Waals surface area contributed by atoms with Crippen molar-refractivity contribution in [3.63, 3.8) is 0 Å². The summed E-state index contributed by atoms with van der Waals surface area (Å²) in [6, 6.07) is 8.48. The molecule has 1 N–H and O–H groups in total. The first kappa shape index (κ1) is 13.2. The predicted octanol–water partition coefficient (Wildman–Crippen LogP) is 4.25. The molecule has 2 aromatic rings. The molecule has 0 radical (unpaired) electrons. The van der Waals surface area contributed by atoms with Gasteiger partial charge in [-0.05, 0) is 49.2 Å². The molecule has 2 rings (SSSR count). The highest BCUT2D eigenvalue weighted by Crippen LogP contribution is 2.31. The van der Waals surface area contributed by atoms with Gasteiger partial charge in [-0.25, -0.2) is 0 Å². The molecule has 1 heterocycles. The van der Waals surface area contributed by atoms with Gasteiger partial charge in [-0.2, -0.15) is 0 Å². The summed E-state index contributed by atoms with van der Waals surface area (Å²) in [4.78, 5) is 0. The van der Waals surface area contributed by atoms with Crippen LogP contribution in [0.15, 0.2) is 34.9 Å². The second-order valence-corrected chi connectivity index (χ2v) is 4.84. The van der Waals surface area contributed by atoms with Crippen molar-refractivity contribution in [2.75, 3.05) is 6.54 Å². The van der Waals surface area contributed by atoms with E-state index in [4.69, 9.17) is 16.0 Å². The molecule has 0 spiro atoms. The highest BCUT2D eigenvalue weighted by molar-refractivity contribution is 6.29. The third-order valence-electron chi connectivity index (χ3n) is 3.10. The Hall–Kier alpha value is -1.25. The van der Waals surface area contributed by atoms with Crippen molar-refractivity contribution in [3.05, 3.63) is 58.0 Å². The Balaban J connectivity index is 2.45. The second-order valence-electron chi connectivity index (χ2n) is 4.50. The third-order valence-corrected chi connectivity index (χ3v) is 3.41. The van der Waals surface area contributed by atoms with E-state index in [-0.39, 0.29) is 6.04 Å². The fourth-order valence-electron chi connectivity index (χ4n) is 2.25. The molecule has 0 amide bonds. The molecule has 0 saturated carbocycles. The summed E-state index contributed by atoms with van der Waals surface area (Å²) in [5.74, 6) is 0. The van der Waals surface area contributed by atoms with Gasteiger partial charge in [0.1, 0.15) is 0 Å². The van der Waals surface area contributed by atoms with E-state index < -0.39 is 0 Å². The molecule has 0 bridgehead atoms. The van der Waals surface area contributed by atoms with Crippen molar-refractivity contribution in [1.29, 1.82) is 0 Å². The normalized spacial score (nSPS) is 12.7. The maximum Gasteiger partial charge on any atom is 0.198 e. The maximum absolute atomic E-state index is 6.10. The highest BCUT2D eigenvalue weighted by atomic mass is 35.5. The van der Waals surface area contributed by atoms with E-state index >= 15 is 0 Å². The van der Waals surface area contributed by atoms with Crippen LogP contribution in [0.4, 0.5) is 0 Å². The zero-order valence-electron chi connectivity index (χ0n) is 11.0. The average molecular weight is 264 g/mol. The zero-order valence-corrected chi connectivity index (χ0v) is 11.7. The van der Waals surface area contributed by atoms with E-state index in [9.17, 15) is 0 Å². The first-order valence-corrected chi connectivity index (χ1v) is 6.54. The lowest BCUT2D eigenvalue weighted by Crippen LogP contribution is -2.22. The molecule has 0 aliphatic carbocycles. The minimum Gasteiger partial charge on any atom is -0.453 e. The van der Waals surface area contributed by atoms with Gasteiger partial charge in [0.2, 0.25) is 0 Å². The summed E-state index contributed by atoms with van der Waals surface area (Å²) in [6.45, 7) is 7.19. The van der Waals surface area contributed by atoms with E-state index in [2.05, 4.69) is 44.3 Å². The fourth-order valence-corrected chi connectivity index (χ4v) is 2.47. The summed E-state index contributed by atoms with van der Waals surface area (Å²) in [6.07, 6.45) is 1.63. The Bertz CT molecular complexity index is 533. The molecule has 3 heteroatoms. The molecule has 1 unspecified atom stereocenters. The lowest BCUT2D eigenvalue weighted by atomic mass is 9.95. The number of furan rings is 1. The van der Waals surface area contributed by atoms with Gasteiger partial charge in [0.15, 0.2) is 5.22 Å². The van der Waals surface area contributed by atoms with Crippen LogP contribution in [0, 0.1) is 13.8 Å². The van der Waals surface area contributed by atoms with E-state index in [1.165, 1.54) is 16.7 Å². The number of aryl methyl sites for hydroxylation is 2. The van der Waals surface area contributed by atoms with Gasteiger partial charge in [0.05, 0.1) is 12.3 Å². The van der Waals surface area contributed by atoms with Crippen molar-refractivity contribution < 1.29 is 4.42 Å². The molecule has 18 heavy (non-hydrogen) atoms. The standard InChI is InChI=1S/C15H18ClNO/c1-4-17-14(13-7-8-18-15(13)16)12-6-5-10(2)9-11(12)3/h5-9,14,17H,4H2,1-3H3. The van der Waals surface area contributed by atoms with Crippen LogP contribution in [0.5, 0.6) is 0 Å². The molecule has 1 aromatic heterocycles. The summed E-state index contributed by atoms with van der Waals surface area (Å²) in [5.41, 5.74) is 4.76. The molecular weight excluding hydrogens is 246 g/mol.